The van der Waals surface area contributed by atoms with Crippen LogP contribution < -0.4 is 10.6 Å². The number of benzene rings is 1. The first-order valence-electron chi connectivity index (χ1n) is 13.3. The summed E-state index contributed by atoms with van der Waals surface area (Å²) < 4.78 is 1.96. The summed E-state index contributed by atoms with van der Waals surface area (Å²) in [5.41, 5.74) is 0.917. The van der Waals surface area contributed by atoms with Gasteiger partial charge in [0.25, 0.3) is 5.91 Å². The number of carbonyl (C=O) groups is 3. The Balaban J connectivity index is 1.61. The maximum atomic E-state index is 14.4. The third-order valence-electron chi connectivity index (χ3n) is 8.47. The number of amides is 3. The van der Waals surface area contributed by atoms with Gasteiger partial charge in [0.1, 0.15) is 11.2 Å². The normalized spacial score (nSPS) is 27.5. The van der Waals surface area contributed by atoms with E-state index < -0.39 is 5.54 Å². The molecule has 5 rings (SSSR count). The standard InChI is InChI=1S/C28H38N4O3/c1-18-13-15-21(16-14-18)32-26(34)25-24(29-19(2)33)22-11-7-8-12-23(22)31(25)17-28(32,3)27(35)30-20-9-5-4-6-10-20/h7-8,11-12,18,20-21H,4-6,9-10,13-17H2,1-3H3,(H,29,33)(H,30,35). The van der Waals surface area contributed by atoms with E-state index in [0.29, 0.717) is 23.8 Å². The summed E-state index contributed by atoms with van der Waals surface area (Å²) in [4.78, 5) is 42.3. The van der Waals surface area contributed by atoms with Crippen LogP contribution in [0, 0.1) is 5.92 Å². The van der Waals surface area contributed by atoms with Crippen LogP contribution >= 0.6 is 0 Å². The molecular weight excluding hydrogens is 440 g/mol. The topological polar surface area (TPSA) is 83.4 Å². The first-order chi connectivity index (χ1) is 16.8. The Kier molecular flexibility index (Phi) is 6.36. The van der Waals surface area contributed by atoms with Crippen LogP contribution in [0.1, 0.15) is 89.0 Å². The van der Waals surface area contributed by atoms with Gasteiger partial charge >= 0.3 is 0 Å². The number of fused-ring (bicyclic) bond motifs is 3. The smallest absolute Gasteiger partial charge is 0.273 e. The number of nitrogens with one attached hydrogen (secondary N) is 2. The minimum Gasteiger partial charge on any atom is -0.351 e. The molecule has 2 heterocycles. The highest BCUT2D eigenvalue weighted by Crippen LogP contribution is 2.42. The number of rotatable bonds is 4. The lowest BCUT2D eigenvalue weighted by Crippen LogP contribution is -2.67. The monoisotopic (exact) mass is 478 g/mol. The lowest BCUT2D eigenvalue weighted by Gasteiger charge is -2.50. The zero-order chi connectivity index (χ0) is 24.7. The van der Waals surface area contributed by atoms with Gasteiger partial charge in [-0.3, -0.25) is 14.4 Å². The van der Waals surface area contributed by atoms with Gasteiger partial charge in [-0.05, 0) is 57.4 Å². The predicted octanol–water partition coefficient (Wildman–Crippen LogP) is 4.84. The second-order valence-electron chi connectivity index (χ2n) is 11.2. The highest BCUT2D eigenvalue weighted by atomic mass is 16.2. The second kappa shape index (κ2) is 9.32. The van der Waals surface area contributed by atoms with E-state index in [-0.39, 0.29) is 29.8 Å². The van der Waals surface area contributed by atoms with Crippen molar-refractivity contribution in [2.24, 2.45) is 5.92 Å². The van der Waals surface area contributed by atoms with Crippen LogP contribution in [-0.2, 0) is 16.1 Å². The molecule has 7 nitrogen and oxygen atoms in total. The minimum atomic E-state index is -0.998. The highest BCUT2D eigenvalue weighted by Gasteiger charge is 2.52. The van der Waals surface area contributed by atoms with E-state index in [1.165, 1.54) is 13.3 Å². The van der Waals surface area contributed by atoms with Gasteiger partial charge in [-0.25, -0.2) is 0 Å². The molecule has 0 bridgehead atoms. The molecule has 35 heavy (non-hydrogen) atoms. The van der Waals surface area contributed by atoms with Gasteiger partial charge in [-0.1, -0.05) is 44.4 Å². The van der Waals surface area contributed by atoms with Crippen LogP contribution in [0.5, 0.6) is 0 Å². The van der Waals surface area contributed by atoms with Crippen LogP contribution in [0.4, 0.5) is 5.69 Å². The average molecular weight is 479 g/mol. The first-order valence-corrected chi connectivity index (χ1v) is 13.3. The fourth-order valence-corrected chi connectivity index (χ4v) is 6.55. The van der Waals surface area contributed by atoms with Gasteiger partial charge in [0.2, 0.25) is 11.8 Å². The lowest BCUT2D eigenvalue weighted by atomic mass is 9.82. The molecule has 7 heteroatoms. The Morgan fingerprint density at radius 1 is 1.00 bits per heavy atom. The molecule has 0 radical (unpaired) electrons. The molecule has 2 saturated carbocycles. The summed E-state index contributed by atoms with van der Waals surface area (Å²) in [6.45, 7) is 6.04. The molecule has 2 fully saturated rings. The Morgan fingerprint density at radius 2 is 1.69 bits per heavy atom. The van der Waals surface area contributed by atoms with Gasteiger partial charge in [-0.15, -0.1) is 0 Å². The van der Waals surface area contributed by atoms with Crippen molar-refractivity contribution < 1.29 is 14.4 Å². The fraction of sp³-hybridized carbons (Fsp3) is 0.607. The summed E-state index contributed by atoms with van der Waals surface area (Å²) in [6.07, 6.45) is 9.40. The van der Waals surface area contributed by atoms with E-state index in [2.05, 4.69) is 17.6 Å². The third kappa shape index (κ3) is 4.23. The molecular formula is C28H38N4O3. The van der Waals surface area contributed by atoms with Gasteiger partial charge < -0.3 is 20.1 Å². The molecule has 0 saturated heterocycles. The van der Waals surface area contributed by atoms with Crippen molar-refractivity contribution in [1.29, 1.82) is 0 Å². The third-order valence-corrected chi connectivity index (χ3v) is 8.47. The molecule has 1 aromatic carbocycles. The zero-order valence-corrected chi connectivity index (χ0v) is 21.2. The Bertz CT molecular complexity index is 1140. The number of aromatic nitrogens is 1. The fourth-order valence-electron chi connectivity index (χ4n) is 6.55. The first kappa shape index (κ1) is 23.9. The van der Waals surface area contributed by atoms with Crippen LogP contribution in [0.15, 0.2) is 24.3 Å². The Morgan fingerprint density at radius 3 is 2.37 bits per heavy atom. The van der Waals surface area contributed by atoms with E-state index >= 15 is 0 Å². The molecule has 1 unspecified atom stereocenters. The average Bonchev–Trinajstić information content (AvgIpc) is 3.13. The van der Waals surface area contributed by atoms with Crippen molar-refractivity contribution in [1.82, 2.24) is 14.8 Å². The van der Waals surface area contributed by atoms with Crippen molar-refractivity contribution in [3.05, 3.63) is 30.0 Å². The molecule has 3 aliphatic rings. The van der Waals surface area contributed by atoms with E-state index in [9.17, 15) is 14.4 Å². The predicted molar refractivity (Wildman–Crippen MR) is 137 cm³/mol. The summed E-state index contributed by atoms with van der Waals surface area (Å²) in [5.74, 6) is 0.214. The minimum absolute atomic E-state index is 0.0118. The number of para-hydroxylation sites is 1. The molecule has 2 N–H and O–H groups in total. The van der Waals surface area contributed by atoms with Crippen LogP contribution in [0.2, 0.25) is 0 Å². The van der Waals surface area contributed by atoms with Crippen LogP contribution in [0.3, 0.4) is 0 Å². The summed E-state index contributed by atoms with van der Waals surface area (Å²) in [5, 5.41) is 7.09. The molecule has 188 valence electrons. The van der Waals surface area contributed by atoms with Gasteiger partial charge in [-0.2, -0.15) is 0 Å². The zero-order valence-electron chi connectivity index (χ0n) is 21.2. The molecule has 3 amide bonds. The van der Waals surface area contributed by atoms with E-state index in [4.69, 9.17) is 0 Å². The second-order valence-corrected chi connectivity index (χ2v) is 11.2. The quantitative estimate of drug-likeness (QED) is 0.659. The lowest BCUT2D eigenvalue weighted by molar-refractivity contribution is -0.135. The van der Waals surface area contributed by atoms with Crippen molar-refractivity contribution in [3.8, 4) is 0 Å². The number of hydrogen-bond acceptors (Lipinski definition) is 3. The molecule has 2 aliphatic carbocycles. The molecule has 1 aliphatic heterocycles. The van der Waals surface area contributed by atoms with Gasteiger partial charge in [0.15, 0.2) is 0 Å². The molecule has 0 spiro atoms. The summed E-state index contributed by atoms with van der Waals surface area (Å²) in [6, 6.07) is 7.94. The number of carbonyl (C=O) groups excluding carboxylic acids is 3. The SMILES string of the molecule is CC(=O)Nc1c2n(c3ccccc13)CC(C)(C(=O)NC1CCCCC1)N(C1CCC(C)CC1)C2=O. The van der Waals surface area contributed by atoms with E-state index in [1.807, 2.05) is 40.7 Å². The van der Waals surface area contributed by atoms with Gasteiger partial charge in [0.05, 0.1) is 17.7 Å². The van der Waals surface area contributed by atoms with Crippen LogP contribution in [0.25, 0.3) is 10.9 Å². The Labute approximate surface area is 207 Å². The maximum Gasteiger partial charge on any atom is 0.273 e. The largest absolute Gasteiger partial charge is 0.351 e. The van der Waals surface area contributed by atoms with E-state index in [0.717, 1.165) is 62.3 Å². The van der Waals surface area contributed by atoms with Crippen molar-refractivity contribution in [2.75, 3.05) is 5.32 Å². The molecule has 1 atom stereocenters. The van der Waals surface area contributed by atoms with Crippen molar-refractivity contribution >= 4 is 34.3 Å². The van der Waals surface area contributed by atoms with Crippen molar-refractivity contribution in [3.63, 3.8) is 0 Å². The number of anilines is 1. The highest BCUT2D eigenvalue weighted by molar-refractivity contribution is 6.14. The molecule has 1 aromatic heterocycles. The number of hydrogen-bond donors (Lipinski definition) is 2. The summed E-state index contributed by atoms with van der Waals surface area (Å²) >= 11 is 0. The van der Waals surface area contributed by atoms with Crippen molar-refractivity contribution in [2.45, 2.75) is 103 Å². The Hall–Kier alpha value is -2.83. The van der Waals surface area contributed by atoms with Gasteiger partial charge in [0, 0.05) is 24.4 Å². The van der Waals surface area contributed by atoms with Crippen LogP contribution in [-0.4, -0.2) is 44.8 Å². The molecule has 2 aromatic rings. The number of nitrogens with zero attached hydrogens (tertiary/aromatic N) is 2. The summed E-state index contributed by atoms with van der Waals surface area (Å²) in [7, 11) is 0. The maximum absolute atomic E-state index is 14.4. The van der Waals surface area contributed by atoms with E-state index in [1.54, 1.807) is 0 Å².